The molecule has 3 rings (SSSR count). The lowest BCUT2D eigenvalue weighted by Gasteiger charge is -2.20. The van der Waals surface area contributed by atoms with Gasteiger partial charge in [-0.1, -0.05) is 35.5 Å². The summed E-state index contributed by atoms with van der Waals surface area (Å²) in [5.41, 5.74) is -0.875. The van der Waals surface area contributed by atoms with Gasteiger partial charge in [-0.25, -0.2) is 4.98 Å². The van der Waals surface area contributed by atoms with Crippen molar-refractivity contribution in [1.29, 1.82) is 0 Å². The van der Waals surface area contributed by atoms with E-state index < -0.39 is 27.9 Å². The fraction of sp³-hybridized carbons (Fsp3) is 0.318. The number of ether oxygens (including phenoxy) is 1. The predicted octanol–water partition coefficient (Wildman–Crippen LogP) is 5.40. The lowest BCUT2D eigenvalue weighted by molar-refractivity contribution is -0.137. The molecule has 2 aromatic carbocycles. The number of halogens is 4. The van der Waals surface area contributed by atoms with Crippen LogP contribution in [0.4, 0.5) is 18.9 Å². The lowest BCUT2D eigenvalue weighted by Crippen LogP contribution is -2.30. The third-order valence-corrected chi connectivity index (χ3v) is 6.21. The van der Waals surface area contributed by atoms with Crippen LogP contribution in [0.5, 0.6) is 0 Å². The van der Waals surface area contributed by atoms with E-state index in [1.54, 1.807) is 38.1 Å². The minimum absolute atomic E-state index is 0.0409. The van der Waals surface area contributed by atoms with E-state index in [-0.39, 0.29) is 23.9 Å². The molecule has 2 atom stereocenters. The van der Waals surface area contributed by atoms with Crippen molar-refractivity contribution in [1.82, 2.24) is 9.55 Å². The molecule has 0 radical (unpaired) electrons. The van der Waals surface area contributed by atoms with Crippen molar-refractivity contribution >= 4 is 45.9 Å². The molecule has 33 heavy (non-hydrogen) atoms. The predicted molar refractivity (Wildman–Crippen MR) is 123 cm³/mol. The van der Waals surface area contributed by atoms with Crippen LogP contribution < -0.4 is 10.9 Å². The molecule has 0 saturated carbocycles. The van der Waals surface area contributed by atoms with Gasteiger partial charge in [0.25, 0.3) is 5.56 Å². The number of benzene rings is 2. The van der Waals surface area contributed by atoms with Gasteiger partial charge < -0.3 is 10.1 Å². The number of hydrogen-bond donors (Lipinski definition) is 1. The number of carbonyl (C=O) groups is 1. The van der Waals surface area contributed by atoms with Gasteiger partial charge in [-0.3, -0.25) is 14.2 Å². The molecule has 11 heteroatoms. The largest absolute Gasteiger partial charge is 0.417 e. The summed E-state index contributed by atoms with van der Waals surface area (Å²) < 4.78 is 46.0. The number of fused-ring (bicyclic) bond motifs is 1. The van der Waals surface area contributed by atoms with Gasteiger partial charge in [0.1, 0.15) is 0 Å². The standard InChI is InChI=1S/C22H21ClF3N3O3S/c1-12(11-32-3)29-20(31)15-6-4-5-7-18(15)28-21(29)33-13(2)19(30)27-14-8-9-17(23)16(10-14)22(24,25)26/h4-10,12-13H,11H2,1-3H3,(H,27,30)/t12-,13+/m1/s1. The Morgan fingerprint density at radius 1 is 1.24 bits per heavy atom. The van der Waals surface area contributed by atoms with Crippen molar-refractivity contribution in [2.75, 3.05) is 19.0 Å². The van der Waals surface area contributed by atoms with E-state index in [0.717, 1.165) is 23.9 Å². The van der Waals surface area contributed by atoms with Gasteiger partial charge in [-0.05, 0) is 44.2 Å². The highest BCUT2D eigenvalue weighted by Gasteiger charge is 2.33. The Kier molecular flexibility index (Phi) is 7.71. The van der Waals surface area contributed by atoms with Crippen molar-refractivity contribution in [3.8, 4) is 0 Å². The van der Waals surface area contributed by atoms with Crippen LogP contribution in [-0.4, -0.2) is 34.4 Å². The number of alkyl halides is 3. The van der Waals surface area contributed by atoms with Gasteiger partial charge in [-0.15, -0.1) is 0 Å². The second kappa shape index (κ2) is 10.1. The molecule has 1 N–H and O–H groups in total. The maximum atomic E-state index is 13.1. The average Bonchev–Trinajstić information content (AvgIpc) is 2.74. The van der Waals surface area contributed by atoms with E-state index >= 15 is 0 Å². The quantitative estimate of drug-likeness (QED) is 0.348. The number of aromatic nitrogens is 2. The fourth-order valence-electron chi connectivity index (χ4n) is 3.19. The van der Waals surface area contributed by atoms with Crippen LogP contribution in [0, 0.1) is 0 Å². The van der Waals surface area contributed by atoms with Crippen LogP contribution in [0.15, 0.2) is 52.4 Å². The molecule has 176 valence electrons. The van der Waals surface area contributed by atoms with E-state index in [0.29, 0.717) is 16.1 Å². The van der Waals surface area contributed by atoms with E-state index in [9.17, 15) is 22.8 Å². The highest BCUT2D eigenvalue weighted by atomic mass is 35.5. The van der Waals surface area contributed by atoms with Gasteiger partial charge in [-0.2, -0.15) is 13.2 Å². The molecular formula is C22H21ClF3N3O3S. The number of para-hydroxylation sites is 1. The monoisotopic (exact) mass is 499 g/mol. The number of nitrogens with zero attached hydrogens (tertiary/aromatic N) is 2. The zero-order valence-electron chi connectivity index (χ0n) is 17.9. The molecule has 0 aliphatic heterocycles. The van der Waals surface area contributed by atoms with E-state index in [4.69, 9.17) is 16.3 Å². The van der Waals surface area contributed by atoms with Crippen molar-refractivity contribution in [3.63, 3.8) is 0 Å². The second-order valence-corrected chi connectivity index (χ2v) is 9.05. The summed E-state index contributed by atoms with van der Waals surface area (Å²) in [5.74, 6) is -0.552. The van der Waals surface area contributed by atoms with Crippen LogP contribution in [0.1, 0.15) is 25.5 Å². The van der Waals surface area contributed by atoms with E-state index in [1.165, 1.54) is 17.7 Å². The van der Waals surface area contributed by atoms with Crippen molar-refractivity contribution in [3.05, 3.63) is 63.4 Å². The highest BCUT2D eigenvalue weighted by molar-refractivity contribution is 8.00. The summed E-state index contributed by atoms with van der Waals surface area (Å²) in [4.78, 5) is 30.4. The summed E-state index contributed by atoms with van der Waals surface area (Å²) in [6, 6.07) is 9.64. The summed E-state index contributed by atoms with van der Waals surface area (Å²) in [7, 11) is 1.51. The number of nitrogens with one attached hydrogen (secondary N) is 1. The molecule has 1 heterocycles. The lowest BCUT2D eigenvalue weighted by atomic mass is 10.2. The fourth-order valence-corrected chi connectivity index (χ4v) is 4.42. The van der Waals surface area contributed by atoms with E-state index in [2.05, 4.69) is 10.3 Å². The Balaban J connectivity index is 1.90. The molecule has 0 unspecified atom stereocenters. The number of carbonyl (C=O) groups excluding carboxylic acids is 1. The van der Waals surface area contributed by atoms with E-state index in [1.807, 2.05) is 0 Å². The first kappa shape index (κ1) is 25.1. The van der Waals surface area contributed by atoms with Gasteiger partial charge in [0.15, 0.2) is 5.16 Å². The zero-order valence-corrected chi connectivity index (χ0v) is 19.5. The highest BCUT2D eigenvalue weighted by Crippen LogP contribution is 2.36. The molecular weight excluding hydrogens is 479 g/mol. The smallest absolute Gasteiger partial charge is 0.383 e. The first-order valence-electron chi connectivity index (χ1n) is 9.87. The third kappa shape index (κ3) is 5.69. The molecule has 0 bridgehead atoms. The Bertz CT molecular complexity index is 1230. The SMILES string of the molecule is COC[C@@H](C)n1c(S[C@@H](C)C(=O)Nc2ccc(Cl)c(C(F)(F)F)c2)nc2ccccc2c1=O. The number of amides is 1. The minimum atomic E-state index is -4.65. The van der Waals surface area contributed by atoms with Crippen molar-refractivity contribution < 1.29 is 22.7 Å². The van der Waals surface area contributed by atoms with Crippen molar-refractivity contribution in [2.45, 2.75) is 36.5 Å². The summed E-state index contributed by atoms with van der Waals surface area (Å²) >= 11 is 6.66. The third-order valence-electron chi connectivity index (χ3n) is 4.81. The Morgan fingerprint density at radius 3 is 2.61 bits per heavy atom. The summed E-state index contributed by atoms with van der Waals surface area (Å²) in [6.45, 7) is 3.62. The number of thioether (sulfide) groups is 1. The normalized spacial score (nSPS) is 13.7. The Labute approximate surface area is 197 Å². The van der Waals surface area contributed by atoms with Crippen LogP contribution in [0.3, 0.4) is 0 Å². The maximum Gasteiger partial charge on any atom is 0.417 e. The molecule has 1 amide bonds. The Hall–Kier alpha value is -2.56. The number of methoxy groups -OCH3 is 1. The second-order valence-electron chi connectivity index (χ2n) is 7.33. The first-order chi connectivity index (χ1) is 15.5. The zero-order chi connectivity index (χ0) is 24.3. The van der Waals surface area contributed by atoms with Gasteiger partial charge in [0, 0.05) is 12.8 Å². The molecule has 0 fully saturated rings. The topological polar surface area (TPSA) is 73.2 Å². The maximum absolute atomic E-state index is 13.1. The van der Waals surface area contributed by atoms with Gasteiger partial charge in [0.2, 0.25) is 5.91 Å². The Morgan fingerprint density at radius 2 is 1.94 bits per heavy atom. The summed E-state index contributed by atoms with van der Waals surface area (Å²) in [6.07, 6.45) is -4.65. The number of hydrogen-bond acceptors (Lipinski definition) is 5. The van der Waals surface area contributed by atoms with Crippen LogP contribution >= 0.6 is 23.4 Å². The molecule has 0 aliphatic carbocycles. The molecule has 3 aromatic rings. The van der Waals surface area contributed by atoms with Crippen LogP contribution in [0.2, 0.25) is 5.02 Å². The van der Waals surface area contributed by atoms with Crippen LogP contribution in [0.25, 0.3) is 10.9 Å². The molecule has 1 aromatic heterocycles. The molecule has 0 aliphatic rings. The molecule has 6 nitrogen and oxygen atoms in total. The number of anilines is 1. The number of rotatable bonds is 7. The molecule has 0 spiro atoms. The minimum Gasteiger partial charge on any atom is -0.383 e. The molecule has 0 saturated heterocycles. The van der Waals surface area contributed by atoms with Gasteiger partial charge >= 0.3 is 6.18 Å². The van der Waals surface area contributed by atoms with Crippen LogP contribution in [-0.2, 0) is 15.7 Å². The first-order valence-corrected chi connectivity index (χ1v) is 11.1. The summed E-state index contributed by atoms with van der Waals surface area (Å²) in [5, 5.41) is 1.97. The van der Waals surface area contributed by atoms with Crippen molar-refractivity contribution in [2.24, 2.45) is 0 Å². The van der Waals surface area contributed by atoms with Gasteiger partial charge in [0.05, 0.1) is 39.4 Å². The average molecular weight is 500 g/mol.